The number of esters is 1. The number of fused-ring (bicyclic) bond motifs is 2. The van der Waals surface area contributed by atoms with E-state index in [2.05, 4.69) is 17.5 Å². The number of ether oxygens (including phenoxy) is 1. The van der Waals surface area contributed by atoms with Gasteiger partial charge < -0.3 is 10.1 Å². The summed E-state index contributed by atoms with van der Waals surface area (Å²) in [7, 11) is 0. The number of hydrogen-bond donors (Lipinski definition) is 1. The van der Waals surface area contributed by atoms with Crippen molar-refractivity contribution in [1.82, 2.24) is 0 Å². The molecular formula is C16H15Cl2NO3. The molecule has 0 spiro atoms. The summed E-state index contributed by atoms with van der Waals surface area (Å²) in [6.45, 7) is -0.320. The van der Waals surface area contributed by atoms with E-state index in [1.54, 1.807) is 18.2 Å². The predicted molar refractivity (Wildman–Crippen MR) is 84.9 cm³/mol. The van der Waals surface area contributed by atoms with Gasteiger partial charge in [0.2, 0.25) is 0 Å². The van der Waals surface area contributed by atoms with E-state index in [-0.39, 0.29) is 29.4 Å². The summed E-state index contributed by atoms with van der Waals surface area (Å²) in [4.78, 5) is 23.9. The second-order valence-corrected chi connectivity index (χ2v) is 6.43. The summed E-state index contributed by atoms with van der Waals surface area (Å²) in [5, 5.41) is 3.20. The Kier molecular flexibility index (Phi) is 4.41. The quantitative estimate of drug-likeness (QED) is 0.672. The molecule has 1 aromatic rings. The van der Waals surface area contributed by atoms with Crippen LogP contribution < -0.4 is 5.32 Å². The van der Waals surface area contributed by atoms with Crippen molar-refractivity contribution in [2.45, 2.75) is 12.8 Å². The number of carbonyl (C=O) groups excluding carboxylic acids is 2. The smallest absolute Gasteiger partial charge is 0.310 e. The summed E-state index contributed by atoms with van der Waals surface area (Å²) in [6.07, 6.45) is 6.07. The van der Waals surface area contributed by atoms with Crippen LogP contribution in [0.3, 0.4) is 0 Å². The fourth-order valence-electron chi connectivity index (χ4n) is 3.08. The van der Waals surface area contributed by atoms with Gasteiger partial charge in [0, 0.05) is 0 Å². The third-order valence-corrected chi connectivity index (χ3v) is 4.97. The number of allylic oxidation sites excluding steroid dienone is 2. The Balaban J connectivity index is 1.51. The topological polar surface area (TPSA) is 55.4 Å². The first-order chi connectivity index (χ1) is 10.5. The third-order valence-electron chi connectivity index (χ3n) is 4.15. The number of amides is 1. The highest BCUT2D eigenvalue weighted by Gasteiger charge is 2.40. The second-order valence-electron chi connectivity index (χ2n) is 5.64. The minimum atomic E-state index is -0.434. The average Bonchev–Trinajstić information content (AvgIpc) is 3.12. The van der Waals surface area contributed by atoms with Gasteiger partial charge in [-0.25, -0.2) is 0 Å². The molecule has 116 valence electrons. The van der Waals surface area contributed by atoms with Crippen LogP contribution in [0, 0.1) is 17.8 Å². The number of anilines is 1. The first-order valence-corrected chi connectivity index (χ1v) is 7.89. The molecule has 1 N–H and O–H groups in total. The largest absolute Gasteiger partial charge is 0.455 e. The van der Waals surface area contributed by atoms with Crippen molar-refractivity contribution < 1.29 is 14.3 Å². The average molecular weight is 340 g/mol. The van der Waals surface area contributed by atoms with Crippen molar-refractivity contribution >= 4 is 40.8 Å². The maximum absolute atomic E-state index is 12.0. The highest BCUT2D eigenvalue weighted by atomic mass is 35.5. The monoisotopic (exact) mass is 339 g/mol. The zero-order chi connectivity index (χ0) is 15.7. The standard InChI is InChI=1S/C16H15Cl2NO3/c17-12-2-1-3-13(15(12)18)19-14(20)8-22-16(21)11-7-9-4-5-10(11)6-9/h1-5,9-11H,6-8H2,(H,19,20)/t9-,10-,11+/m0/s1. The van der Waals surface area contributed by atoms with E-state index in [0.717, 1.165) is 12.8 Å². The first-order valence-electron chi connectivity index (χ1n) is 7.13. The van der Waals surface area contributed by atoms with E-state index in [1.807, 2.05) is 0 Å². The molecular weight excluding hydrogens is 325 g/mol. The van der Waals surface area contributed by atoms with Gasteiger partial charge in [-0.05, 0) is 36.8 Å². The van der Waals surface area contributed by atoms with E-state index in [1.165, 1.54) is 0 Å². The zero-order valence-corrected chi connectivity index (χ0v) is 13.2. The molecule has 3 rings (SSSR count). The molecule has 1 aromatic carbocycles. The van der Waals surface area contributed by atoms with Crippen LogP contribution in [0.2, 0.25) is 10.0 Å². The van der Waals surface area contributed by atoms with Crippen LogP contribution in [-0.2, 0) is 14.3 Å². The van der Waals surface area contributed by atoms with Crippen LogP contribution in [0.15, 0.2) is 30.4 Å². The number of carbonyl (C=O) groups is 2. The Labute approximate surface area is 138 Å². The normalized spacial score (nSPS) is 25.3. The van der Waals surface area contributed by atoms with Crippen LogP contribution >= 0.6 is 23.2 Å². The van der Waals surface area contributed by atoms with Crippen molar-refractivity contribution in [3.63, 3.8) is 0 Å². The molecule has 0 unspecified atom stereocenters. The number of halogens is 2. The van der Waals surface area contributed by atoms with Crippen molar-refractivity contribution in [1.29, 1.82) is 0 Å². The van der Waals surface area contributed by atoms with E-state index in [0.29, 0.717) is 16.6 Å². The van der Waals surface area contributed by atoms with Gasteiger partial charge >= 0.3 is 5.97 Å². The lowest BCUT2D eigenvalue weighted by Crippen LogP contribution is -2.26. The lowest BCUT2D eigenvalue weighted by atomic mass is 9.94. The fraction of sp³-hybridized carbons (Fsp3) is 0.375. The van der Waals surface area contributed by atoms with Gasteiger partial charge in [0.15, 0.2) is 6.61 Å². The molecule has 22 heavy (non-hydrogen) atoms. The summed E-state index contributed by atoms with van der Waals surface area (Å²) in [5.74, 6) is -0.0949. The van der Waals surface area contributed by atoms with Gasteiger partial charge in [0.05, 0.1) is 21.7 Å². The van der Waals surface area contributed by atoms with Gasteiger partial charge in [0.1, 0.15) is 0 Å². The minimum absolute atomic E-state index is 0.113. The molecule has 1 amide bonds. The molecule has 1 fully saturated rings. The lowest BCUT2D eigenvalue weighted by Gasteiger charge is -2.16. The van der Waals surface area contributed by atoms with Crippen molar-refractivity contribution in [2.75, 3.05) is 11.9 Å². The maximum Gasteiger partial charge on any atom is 0.310 e. The molecule has 0 aliphatic heterocycles. The molecule has 3 atom stereocenters. The highest BCUT2D eigenvalue weighted by Crippen LogP contribution is 2.43. The van der Waals surface area contributed by atoms with E-state index >= 15 is 0 Å². The Bertz CT molecular complexity index is 644. The lowest BCUT2D eigenvalue weighted by molar-refractivity contribution is -0.152. The van der Waals surface area contributed by atoms with E-state index in [4.69, 9.17) is 27.9 Å². The van der Waals surface area contributed by atoms with E-state index < -0.39 is 5.91 Å². The Morgan fingerprint density at radius 2 is 2.05 bits per heavy atom. The van der Waals surface area contributed by atoms with Gasteiger partial charge in [-0.3, -0.25) is 9.59 Å². The Morgan fingerprint density at radius 3 is 2.73 bits per heavy atom. The number of nitrogens with one attached hydrogen (secondary N) is 1. The second kappa shape index (κ2) is 6.31. The van der Waals surface area contributed by atoms with Crippen LogP contribution in [0.1, 0.15) is 12.8 Å². The van der Waals surface area contributed by atoms with Gasteiger partial charge in [-0.15, -0.1) is 0 Å². The van der Waals surface area contributed by atoms with Crippen LogP contribution in [0.5, 0.6) is 0 Å². The molecule has 0 radical (unpaired) electrons. The number of benzene rings is 1. The molecule has 2 aliphatic carbocycles. The van der Waals surface area contributed by atoms with Crippen molar-refractivity contribution in [2.24, 2.45) is 17.8 Å². The molecule has 1 saturated carbocycles. The number of hydrogen-bond acceptors (Lipinski definition) is 3. The van der Waals surface area contributed by atoms with Crippen molar-refractivity contribution in [3.05, 3.63) is 40.4 Å². The van der Waals surface area contributed by atoms with Crippen LogP contribution in [-0.4, -0.2) is 18.5 Å². The SMILES string of the molecule is O=C(COC(=O)[C@@H]1C[C@H]2C=C[C@H]1C2)Nc1cccc(Cl)c1Cl. The van der Waals surface area contributed by atoms with E-state index in [9.17, 15) is 9.59 Å². The molecule has 0 aromatic heterocycles. The molecule has 0 heterocycles. The van der Waals surface area contributed by atoms with Crippen molar-refractivity contribution in [3.8, 4) is 0 Å². The highest BCUT2D eigenvalue weighted by molar-refractivity contribution is 6.43. The third kappa shape index (κ3) is 3.13. The summed E-state index contributed by atoms with van der Waals surface area (Å²) < 4.78 is 5.12. The van der Waals surface area contributed by atoms with Gasteiger partial charge in [-0.2, -0.15) is 0 Å². The molecule has 4 nitrogen and oxygen atoms in total. The summed E-state index contributed by atoms with van der Waals surface area (Å²) in [5.41, 5.74) is 0.401. The predicted octanol–water partition coefficient (Wildman–Crippen LogP) is 3.69. The molecule has 2 aliphatic rings. The number of rotatable bonds is 4. The molecule has 2 bridgehead atoms. The van der Waals surface area contributed by atoms with Gasteiger partial charge in [0.25, 0.3) is 5.91 Å². The summed E-state index contributed by atoms with van der Waals surface area (Å²) >= 11 is 11.9. The van der Waals surface area contributed by atoms with Crippen LogP contribution in [0.4, 0.5) is 5.69 Å². The Hall–Kier alpha value is -1.52. The minimum Gasteiger partial charge on any atom is -0.455 e. The van der Waals surface area contributed by atoms with Crippen LogP contribution in [0.25, 0.3) is 0 Å². The zero-order valence-electron chi connectivity index (χ0n) is 11.7. The first kappa shape index (κ1) is 15.4. The maximum atomic E-state index is 12.0. The van der Waals surface area contributed by atoms with Gasteiger partial charge in [-0.1, -0.05) is 41.4 Å². The fourth-order valence-corrected chi connectivity index (χ4v) is 3.43. The molecule has 6 heteroatoms. The molecule has 0 saturated heterocycles. The Morgan fingerprint density at radius 1 is 1.23 bits per heavy atom. The summed E-state index contributed by atoms with van der Waals surface area (Å²) in [6, 6.07) is 4.94.